The van der Waals surface area contributed by atoms with E-state index in [2.05, 4.69) is 43.0 Å². The number of anilines is 2. The van der Waals surface area contributed by atoms with Gasteiger partial charge in [0.15, 0.2) is 0 Å². The van der Waals surface area contributed by atoms with E-state index in [0.29, 0.717) is 5.82 Å². The van der Waals surface area contributed by atoms with E-state index in [1.54, 1.807) is 0 Å². The minimum atomic E-state index is -0.0858. The van der Waals surface area contributed by atoms with Crippen LogP contribution in [0.5, 0.6) is 0 Å². The quantitative estimate of drug-likeness (QED) is 0.640. The smallest absolute Gasteiger partial charge is 0.145 e. The van der Waals surface area contributed by atoms with Crippen LogP contribution in [0, 0.1) is 5.92 Å². The second-order valence-electron chi connectivity index (χ2n) is 6.66. The largest absolute Gasteiger partial charge is 0.356 e. The molecule has 0 unspecified atom stereocenters. The van der Waals surface area contributed by atoms with Crippen LogP contribution in [-0.2, 0) is 5.41 Å². The van der Waals surface area contributed by atoms with Gasteiger partial charge in [-0.15, -0.1) is 0 Å². The van der Waals surface area contributed by atoms with Crippen molar-refractivity contribution in [2.45, 2.75) is 52.4 Å². The first-order valence-electron chi connectivity index (χ1n) is 7.55. The number of hydrazine groups is 1. The second kappa shape index (κ2) is 5.95. The van der Waals surface area contributed by atoms with Crippen molar-refractivity contribution in [1.82, 2.24) is 9.97 Å². The predicted octanol–water partition coefficient (Wildman–Crippen LogP) is 2.69. The zero-order valence-electron chi connectivity index (χ0n) is 13.1. The van der Waals surface area contributed by atoms with Gasteiger partial charge in [-0.3, -0.25) is 0 Å². The Morgan fingerprint density at radius 2 is 2.05 bits per heavy atom. The molecule has 0 saturated heterocycles. The number of hydrogen-bond donors (Lipinski definition) is 2. The monoisotopic (exact) mass is 277 g/mol. The standard InChI is InChI=1S/C15H27N5/c1-5-20(10-11-7-6-8-11)13-9-12(19-16)17-14(18-13)15(2,3)4/h9,11H,5-8,10,16H2,1-4H3,(H,17,18,19). The van der Waals surface area contributed by atoms with E-state index in [9.17, 15) is 0 Å². The minimum Gasteiger partial charge on any atom is -0.356 e. The molecule has 0 amide bonds. The van der Waals surface area contributed by atoms with Gasteiger partial charge in [0, 0.05) is 24.6 Å². The molecule has 1 saturated carbocycles. The topological polar surface area (TPSA) is 67.1 Å². The van der Waals surface area contributed by atoms with Gasteiger partial charge >= 0.3 is 0 Å². The van der Waals surface area contributed by atoms with Gasteiger partial charge in [0.05, 0.1) is 0 Å². The highest BCUT2D eigenvalue weighted by molar-refractivity contribution is 5.49. The van der Waals surface area contributed by atoms with Crippen molar-refractivity contribution in [3.63, 3.8) is 0 Å². The molecule has 1 aliphatic carbocycles. The third-order valence-corrected chi connectivity index (χ3v) is 3.94. The number of nitrogens with zero attached hydrogens (tertiary/aromatic N) is 3. The fraction of sp³-hybridized carbons (Fsp3) is 0.733. The maximum Gasteiger partial charge on any atom is 0.145 e. The molecule has 0 aromatic carbocycles. The molecule has 0 radical (unpaired) electrons. The molecular weight excluding hydrogens is 250 g/mol. The number of rotatable bonds is 5. The van der Waals surface area contributed by atoms with E-state index in [1.807, 2.05) is 6.07 Å². The lowest BCUT2D eigenvalue weighted by molar-refractivity contribution is 0.318. The molecule has 1 aliphatic rings. The summed E-state index contributed by atoms with van der Waals surface area (Å²) >= 11 is 0. The molecule has 1 heterocycles. The van der Waals surface area contributed by atoms with Crippen LogP contribution in [0.25, 0.3) is 0 Å². The Morgan fingerprint density at radius 3 is 2.50 bits per heavy atom. The van der Waals surface area contributed by atoms with Crippen molar-refractivity contribution in [2.24, 2.45) is 11.8 Å². The van der Waals surface area contributed by atoms with Crippen LogP contribution in [0.15, 0.2) is 6.07 Å². The molecule has 0 atom stereocenters. The van der Waals surface area contributed by atoms with Gasteiger partial charge in [-0.25, -0.2) is 15.8 Å². The van der Waals surface area contributed by atoms with Crippen molar-refractivity contribution in [2.75, 3.05) is 23.4 Å². The first kappa shape index (κ1) is 15.0. The lowest BCUT2D eigenvalue weighted by Crippen LogP contribution is -2.34. The normalized spacial score (nSPS) is 15.8. The predicted molar refractivity (Wildman–Crippen MR) is 83.8 cm³/mol. The zero-order valence-corrected chi connectivity index (χ0v) is 13.1. The molecule has 20 heavy (non-hydrogen) atoms. The van der Waals surface area contributed by atoms with Gasteiger partial charge in [0.2, 0.25) is 0 Å². The van der Waals surface area contributed by atoms with Crippen LogP contribution in [-0.4, -0.2) is 23.1 Å². The molecule has 0 aliphatic heterocycles. The lowest BCUT2D eigenvalue weighted by atomic mass is 9.85. The fourth-order valence-corrected chi connectivity index (χ4v) is 2.38. The average Bonchev–Trinajstić information content (AvgIpc) is 2.36. The Kier molecular flexibility index (Phi) is 4.48. The maximum atomic E-state index is 5.55. The molecule has 3 N–H and O–H groups in total. The molecule has 1 fully saturated rings. The van der Waals surface area contributed by atoms with Gasteiger partial charge in [-0.05, 0) is 25.7 Å². The Balaban J connectivity index is 2.27. The number of aromatic nitrogens is 2. The number of nitrogen functional groups attached to an aromatic ring is 1. The second-order valence-corrected chi connectivity index (χ2v) is 6.66. The van der Waals surface area contributed by atoms with Crippen LogP contribution in [0.4, 0.5) is 11.6 Å². The summed E-state index contributed by atoms with van der Waals surface area (Å²) in [5, 5.41) is 0. The summed E-state index contributed by atoms with van der Waals surface area (Å²) in [6.07, 6.45) is 4.06. The van der Waals surface area contributed by atoms with Gasteiger partial charge in [-0.2, -0.15) is 0 Å². The van der Waals surface area contributed by atoms with Gasteiger partial charge < -0.3 is 10.3 Å². The molecule has 1 aromatic rings. The highest BCUT2D eigenvalue weighted by Gasteiger charge is 2.23. The van der Waals surface area contributed by atoms with E-state index in [-0.39, 0.29) is 5.41 Å². The van der Waals surface area contributed by atoms with Gasteiger partial charge in [0.1, 0.15) is 17.5 Å². The fourth-order valence-electron chi connectivity index (χ4n) is 2.38. The molecule has 5 nitrogen and oxygen atoms in total. The van der Waals surface area contributed by atoms with Crippen LogP contribution in [0.3, 0.4) is 0 Å². The molecule has 2 rings (SSSR count). The van der Waals surface area contributed by atoms with Crippen LogP contribution >= 0.6 is 0 Å². The van der Waals surface area contributed by atoms with Crippen molar-refractivity contribution in [1.29, 1.82) is 0 Å². The Bertz CT molecular complexity index is 448. The third kappa shape index (κ3) is 3.39. The van der Waals surface area contributed by atoms with Crippen molar-refractivity contribution in [3.05, 3.63) is 11.9 Å². The molecule has 1 aromatic heterocycles. The molecule has 0 bridgehead atoms. The first-order valence-corrected chi connectivity index (χ1v) is 7.55. The molecule has 112 valence electrons. The number of nitrogens with two attached hydrogens (primary N) is 1. The first-order chi connectivity index (χ1) is 9.44. The van der Waals surface area contributed by atoms with Gasteiger partial charge in [0.25, 0.3) is 0 Å². The summed E-state index contributed by atoms with van der Waals surface area (Å²) < 4.78 is 0. The molecular formula is C15H27N5. The lowest BCUT2D eigenvalue weighted by Gasteiger charge is -2.33. The van der Waals surface area contributed by atoms with E-state index in [4.69, 9.17) is 10.8 Å². The Labute approximate surface area is 121 Å². The summed E-state index contributed by atoms with van der Waals surface area (Å²) in [5.41, 5.74) is 2.58. The van der Waals surface area contributed by atoms with Crippen LogP contribution in [0.2, 0.25) is 0 Å². The maximum absolute atomic E-state index is 5.55. The molecule has 5 heteroatoms. The zero-order chi connectivity index (χ0) is 14.8. The van der Waals surface area contributed by atoms with E-state index < -0.39 is 0 Å². The van der Waals surface area contributed by atoms with E-state index in [1.165, 1.54) is 19.3 Å². The van der Waals surface area contributed by atoms with Crippen LogP contribution in [0.1, 0.15) is 52.8 Å². The number of nitrogens with one attached hydrogen (secondary N) is 1. The third-order valence-electron chi connectivity index (χ3n) is 3.94. The van der Waals surface area contributed by atoms with Gasteiger partial charge in [-0.1, -0.05) is 27.2 Å². The van der Waals surface area contributed by atoms with E-state index >= 15 is 0 Å². The number of hydrogen-bond acceptors (Lipinski definition) is 5. The van der Waals surface area contributed by atoms with E-state index in [0.717, 1.165) is 30.6 Å². The SMILES string of the molecule is CCN(CC1CCC1)c1cc(NN)nc(C(C)(C)C)n1. The summed E-state index contributed by atoms with van der Waals surface area (Å²) in [7, 11) is 0. The highest BCUT2D eigenvalue weighted by atomic mass is 15.3. The average molecular weight is 277 g/mol. The van der Waals surface area contributed by atoms with Crippen molar-refractivity contribution < 1.29 is 0 Å². The van der Waals surface area contributed by atoms with Crippen LogP contribution < -0.4 is 16.2 Å². The summed E-state index contributed by atoms with van der Waals surface area (Å²) in [6.45, 7) is 10.6. The van der Waals surface area contributed by atoms with Crippen molar-refractivity contribution >= 4 is 11.6 Å². The summed E-state index contributed by atoms with van der Waals surface area (Å²) in [4.78, 5) is 11.6. The summed E-state index contributed by atoms with van der Waals surface area (Å²) in [5.74, 6) is 8.86. The van der Waals surface area contributed by atoms with Crippen molar-refractivity contribution in [3.8, 4) is 0 Å². The Hall–Kier alpha value is -1.36. The Morgan fingerprint density at radius 1 is 1.35 bits per heavy atom. The molecule has 0 spiro atoms. The highest BCUT2D eigenvalue weighted by Crippen LogP contribution is 2.29. The summed E-state index contributed by atoms with van der Waals surface area (Å²) in [6, 6.07) is 1.94. The minimum absolute atomic E-state index is 0.0858.